The van der Waals surface area contributed by atoms with Crippen LogP contribution < -0.4 is 5.73 Å². The van der Waals surface area contributed by atoms with Crippen LogP contribution in [0.25, 0.3) is 0 Å². The Labute approximate surface area is 168 Å². The van der Waals surface area contributed by atoms with Crippen molar-refractivity contribution in [3.05, 3.63) is 35.9 Å². The molecular formula is C22H34N4O2. The molecule has 1 unspecified atom stereocenters. The normalized spacial score (nSPS) is 20.2. The van der Waals surface area contributed by atoms with Gasteiger partial charge in [0.05, 0.1) is 6.04 Å². The Morgan fingerprint density at radius 1 is 1.00 bits per heavy atom. The van der Waals surface area contributed by atoms with E-state index in [2.05, 4.69) is 11.8 Å². The minimum absolute atomic E-state index is 0.0318. The number of carbonyl (C=O) groups is 2. The third kappa shape index (κ3) is 5.55. The third-order valence-corrected chi connectivity index (χ3v) is 6.18. The molecule has 2 fully saturated rings. The van der Waals surface area contributed by atoms with Crippen molar-refractivity contribution in [1.82, 2.24) is 14.7 Å². The first-order valence-corrected chi connectivity index (χ1v) is 10.6. The number of piperidine rings is 1. The van der Waals surface area contributed by atoms with E-state index in [4.69, 9.17) is 5.73 Å². The van der Waals surface area contributed by atoms with Gasteiger partial charge in [-0.15, -0.1) is 0 Å². The first-order chi connectivity index (χ1) is 13.6. The molecule has 6 heteroatoms. The lowest BCUT2D eigenvalue weighted by molar-refractivity contribution is -0.135. The molecule has 1 aromatic rings. The molecule has 3 rings (SSSR count). The molecule has 154 valence electrons. The summed E-state index contributed by atoms with van der Waals surface area (Å²) in [4.78, 5) is 31.5. The van der Waals surface area contributed by atoms with Crippen LogP contribution in [0, 0.1) is 5.92 Å². The Kier molecular flexibility index (Phi) is 7.45. The van der Waals surface area contributed by atoms with Crippen molar-refractivity contribution in [3.63, 3.8) is 0 Å². The summed E-state index contributed by atoms with van der Waals surface area (Å²) in [6.45, 7) is 8.30. The summed E-state index contributed by atoms with van der Waals surface area (Å²) < 4.78 is 0. The maximum absolute atomic E-state index is 12.7. The zero-order valence-corrected chi connectivity index (χ0v) is 17.1. The highest BCUT2D eigenvalue weighted by atomic mass is 16.2. The number of benzene rings is 1. The second-order valence-corrected chi connectivity index (χ2v) is 8.08. The smallest absolute Gasteiger partial charge is 0.239 e. The van der Waals surface area contributed by atoms with E-state index in [-0.39, 0.29) is 11.8 Å². The Morgan fingerprint density at radius 3 is 2.25 bits per heavy atom. The minimum atomic E-state index is -0.490. The number of rotatable bonds is 6. The number of nitrogens with zero attached hydrogens (tertiary/aromatic N) is 3. The highest BCUT2D eigenvalue weighted by Crippen LogP contribution is 2.22. The van der Waals surface area contributed by atoms with Crippen LogP contribution in [-0.4, -0.2) is 78.4 Å². The fraction of sp³-hybridized carbons (Fsp3) is 0.636. The number of hydrogen-bond acceptors (Lipinski definition) is 4. The zero-order valence-electron chi connectivity index (χ0n) is 17.1. The summed E-state index contributed by atoms with van der Waals surface area (Å²) in [7, 11) is 0. The second kappa shape index (κ2) is 10.0. The number of amides is 2. The highest BCUT2D eigenvalue weighted by Gasteiger charge is 2.29. The molecule has 2 amide bonds. The number of likely N-dealkylation sites (N-methyl/N-ethyl adjacent to an activating group) is 1. The van der Waals surface area contributed by atoms with Gasteiger partial charge in [0.25, 0.3) is 0 Å². The molecule has 2 saturated heterocycles. The number of carbonyl (C=O) groups excluding carboxylic acids is 2. The van der Waals surface area contributed by atoms with Gasteiger partial charge < -0.3 is 20.4 Å². The van der Waals surface area contributed by atoms with Gasteiger partial charge in [0.2, 0.25) is 11.8 Å². The Hall–Kier alpha value is -1.92. The van der Waals surface area contributed by atoms with Gasteiger partial charge in [0.1, 0.15) is 0 Å². The molecule has 6 nitrogen and oxygen atoms in total. The molecular weight excluding hydrogens is 352 g/mol. The Bertz CT molecular complexity index is 635. The summed E-state index contributed by atoms with van der Waals surface area (Å²) in [6, 6.07) is 9.42. The molecule has 2 heterocycles. The van der Waals surface area contributed by atoms with Crippen molar-refractivity contribution < 1.29 is 9.59 Å². The molecule has 0 radical (unpaired) electrons. The van der Waals surface area contributed by atoms with Gasteiger partial charge in [-0.1, -0.05) is 37.3 Å². The van der Waals surface area contributed by atoms with E-state index in [0.29, 0.717) is 31.8 Å². The lowest BCUT2D eigenvalue weighted by Gasteiger charge is -2.36. The first-order valence-electron chi connectivity index (χ1n) is 10.6. The summed E-state index contributed by atoms with van der Waals surface area (Å²) >= 11 is 0. The molecule has 28 heavy (non-hydrogen) atoms. The first kappa shape index (κ1) is 20.8. The van der Waals surface area contributed by atoms with Gasteiger partial charge in [0, 0.05) is 45.7 Å². The van der Waals surface area contributed by atoms with Crippen molar-refractivity contribution in [1.29, 1.82) is 0 Å². The van der Waals surface area contributed by atoms with Gasteiger partial charge in [-0.25, -0.2) is 0 Å². The zero-order chi connectivity index (χ0) is 19.9. The summed E-state index contributed by atoms with van der Waals surface area (Å²) in [6.07, 6.45) is 2.97. The Morgan fingerprint density at radius 2 is 1.64 bits per heavy atom. The van der Waals surface area contributed by atoms with E-state index in [0.717, 1.165) is 51.1 Å². The maximum atomic E-state index is 12.7. The number of hydrogen-bond donors (Lipinski definition) is 1. The SMILES string of the molecule is CCN1CCN(C(=O)CC2CCN(C(=O)C(N)Cc3ccccc3)CC2)CC1. The highest BCUT2D eigenvalue weighted by molar-refractivity contribution is 5.82. The predicted octanol–water partition coefficient (Wildman–Crippen LogP) is 1.35. The van der Waals surface area contributed by atoms with Gasteiger partial charge >= 0.3 is 0 Å². The van der Waals surface area contributed by atoms with E-state index in [9.17, 15) is 9.59 Å². The topological polar surface area (TPSA) is 69.9 Å². The standard InChI is InChI=1S/C22H34N4O2/c1-2-24-12-14-25(15-13-24)21(27)17-19-8-10-26(11-9-19)22(28)20(23)16-18-6-4-3-5-7-18/h3-7,19-20H,2,8-17,23H2,1H3. The molecule has 0 aliphatic carbocycles. The predicted molar refractivity (Wildman–Crippen MR) is 111 cm³/mol. The fourth-order valence-corrected chi connectivity index (χ4v) is 4.24. The van der Waals surface area contributed by atoms with E-state index >= 15 is 0 Å². The van der Waals surface area contributed by atoms with Crippen LogP contribution in [0.4, 0.5) is 0 Å². The second-order valence-electron chi connectivity index (χ2n) is 8.08. The Balaban J connectivity index is 1.40. The van der Waals surface area contributed by atoms with E-state index in [1.807, 2.05) is 40.1 Å². The van der Waals surface area contributed by atoms with Crippen molar-refractivity contribution in [2.75, 3.05) is 45.8 Å². The van der Waals surface area contributed by atoms with E-state index in [1.54, 1.807) is 0 Å². The molecule has 0 spiro atoms. The summed E-state index contributed by atoms with van der Waals surface area (Å²) in [5.74, 6) is 0.691. The average Bonchev–Trinajstić information content (AvgIpc) is 2.74. The van der Waals surface area contributed by atoms with Crippen LogP contribution >= 0.6 is 0 Å². The molecule has 2 aliphatic rings. The van der Waals surface area contributed by atoms with E-state index in [1.165, 1.54) is 0 Å². The van der Waals surface area contributed by atoms with Crippen molar-refractivity contribution in [2.24, 2.45) is 11.7 Å². The molecule has 2 N–H and O–H groups in total. The number of piperazine rings is 1. The quantitative estimate of drug-likeness (QED) is 0.801. The van der Waals surface area contributed by atoms with Crippen LogP contribution in [0.3, 0.4) is 0 Å². The van der Waals surface area contributed by atoms with Gasteiger partial charge in [-0.2, -0.15) is 0 Å². The van der Waals surface area contributed by atoms with Crippen molar-refractivity contribution >= 4 is 11.8 Å². The van der Waals surface area contributed by atoms with Crippen molar-refractivity contribution in [2.45, 2.75) is 38.6 Å². The molecule has 0 saturated carbocycles. The molecule has 0 bridgehead atoms. The van der Waals surface area contributed by atoms with Crippen LogP contribution in [0.5, 0.6) is 0 Å². The van der Waals surface area contributed by atoms with Crippen molar-refractivity contribution in [3.8, 4) is 0 Å². The van der Waals surface area contributed by atoms with Crippen LogP contribution in [0.15, 0.2) is 30.3 Å². The average molecular weight is 387 g/mol. The largest absolute Gasteiger partial charge is 0.341 e. The van der Waals surface area contributed by atoms with Gasteiger partial charge in [-0.3, -0.25) is 9.59 Å². The van der Waals surface area contributed by atoms with Crippen LogP contribution in [0.1, 0.15) is 31.7 Å². The van der Waals surface area contributed by atoms with Crippen LogP contribution in [-0.2, 0) is 16.0 Å². The lowest BCUT2D eigenvalue weighted by atomic mass is 9.92. The minimum Gasteiger partial charge on any atom is -0.341 e. The number of likely N-dealkylation sites (tertiary alicyclic amines) is 1. The fourth-order valence-electron chi connectivity index (χ4n) is 4.24. The van der Waals surface area contributed by atoms with Gasteiger partial charge in [0.15, 0.2) is 0 Å². The van der Waals surface area contributed by atoms with Gasteiger partial charge in [-0.05, 0) is 37.3 Å². The molecule has 0 aromatic heterocycles. The molecule has 1 aromatic carbocycles. The summed E-state index contributed by atoms with van der Waals surface area (Å²) in [5, 5.41) is 0. The maximum Gasteiger partial charge on any atom is 0.239 e. The lowest BCUT2D eigenvalue weighted by Crippen LogP contribution is -2.50. The third-order valence-electron chi connectivity index (χ3n) is 6.18. The van der Waals surface area contributed by atoms with Crippen LogP contribution in [0.2, 0.25) is 0 Å². The molecule has 2 aliphatic heterocycles. The monoisotopic (exact) mass is 386 g/mol. The number of nitrogens with two attached hydrogens (primary N) is 1. The van der Waals surface area contributed by atoms with E-state index < -0.39 is 6.04 Å². The molecule has 1 atom stereocenters. The summed E-state index contributed by atoms with van der Waals surface area (Å²) in [5.41, 5.74) is 7.25.